The molecule has 0 spiro atoms. The van der Waals surface area contributed by atoms with Crippen LogP contribution >= 0.6 is 0 Å². The maximum absolute atomic E-state index is 9.69. The number of aliphatic hydroxyl groups is 2. The second-order valence-electron chi connectivity index (χ2n) is 5.16. The number of aliphatic hydroxyl groups excluding tert-OH is 2. The van der Waals surface area contributed by atoms with E-state index in [1.165, 1.54) is 5.57 Å². The van der Waals surface area contributed by atoms with E-state index in [1.807, 2.05) is 20.0 Å². The Morgan fingerprint density at radius 2 is 2.26 bits per heavy atom. The van der Waals surface area contributed by atoms with Gasteiger partial charge in [-0.1, -0.05) is 19.1 Å². The summed E-state index contributed by atoms with van der Waals surface area (Å²) in [6.45, 7) is 5.62. The third kappa shape index (κ3) is 3.21. The molecule has 0 saturated carbocycles. The van der Waals surface area contributed by atoms with E-state index >= 15 is 0 Å². The number of rotatable bonds is 4. The fraction of sp³-hybridized carbons (Fsp3) is 0.533. The van der Waals surface area contributed by atoms with Gasteiger partial charge in [0.2, 0.25) is 0 Å². The largest absolute Gasteiger partial charge is 0.394 e. The molecule has 2 rings (SSSR count). The van der Waals surface area contributed by atoms with Crippen molar-refractivity contribution in [2.75, 3.05) is 19.7 Å². The summed E-state index contributed by atoms with van der Waals surface area (Å²) in [5.41, 5.74) is 4.44. The summed E-state index contributed by atoms with van der Waals surface area (Å²) >= 11 is 0. The lowest BCUT2D eigenvalue weighted by molar-refractivity contribution is 0.0771. The molecule has 104 valence electrons. The number of pyridine rings is 1. The molecule has 4 nitrogen and oxygen atoms in total. The lowest BCUT2D eigenvalue weighted by Crippen LogP contribution is -2.21. The van der Waals surface area contributed by atoms with Gasteiger partial charge in [0.25, 0.3) is 0 Å². The molecule has 2 unspecified atom stereocenters. The summed E-state index contributed by atoms with van der Waals surface area (Å²) in [4.78, 5) is 4.55. The molecule has 1 aliphatic heterocycles. The topological polar surface area (TPSA) is 65.4 Å². The predicted molar refractivity (Wildman–Crippen MR) is 75.9 cm³/mol. The van der Waals surface area contributed by atoms with Crippen LogP contribution in [0.25, 0.3) is 5.57 Å². The summed E-state index contributed by atoms with van der Waals surface area (Å²) in [6.07, 6.45) is 4.27. The molecule has 0 aromatic carbocycles. The molecule has 4 heteroatoms. The molecule has 0 fully saturated rings. The molecule has 2 atom stereocenters. The van der Waals surface area contributed by atoms with Crippen molar-refractivity contribution in [1.29, 1.82) is 0 Å². The maximum Gasteiger partial charge on any atom is 0.0837 e. The first-order valence-corrected chi connectivity index (χ1v) is 6.79. The minimum absolute atomic E-state index is 0.104. The monoisotopic (exact) mass is 262 g/mol. The van der Waals surface area contributed by atoms with Crippen LogP contribution in [0.5, 0.6) is 0 Å². The summed E-state index contributed by atoms with van der Waals surface area (Å²) in [5.74, 6) is -0.104. The summed E-state index contributed by atoms with van der Waals surface area (Å²) < 4.78 is 0. The van der Waals surface area contributed by atoms with Crippen molar-refractivity contribution in [3.63, 3.8) is 0 Å². The van der Waals surface area contributed by atoms with Crippen molar-refractivity contribution in [3.8, 4) is 0 Å². The van der Waals surface area contributed by atoms with E-state index in [4.69, 9.17) is 5.11 Å². The average Bonchev–Trinajstić information content (AvgIpc) is 2.46. The SMILES string of the molecule is Cc1cc(C(C)C(O)CO)cnc1C1=CCNCC1. The normalized spacial score (nSPS) is 18.8. The Kier molecular flexibility index (Phi) is 4.69. The third-order valence-corrected chi connectivity index (χ3v) is 3.76. The van der Waals surface area contributed by atoms with Gasteiger partial charge >= 0.3 is 0 Å². The lowest BCUT2D eigenvalue weighted by Gasteiger charge is -2.19. The van der Waals surface area contributed by atoms with E-state index in [2.05, 4.69) is 22.4 Å². The highest BCUT2D eigenvalue weighted by Gasteiger charge is 2.17. The van der Waals surface area contributed by atoms with Crippen LogP contribution < -0.4 is 5.32 Å². The number of hydrogen-bond donors (Lipinski definition) is 3. The van der Waals surface area contributed by atoms with Crippen LogP contribution in [0.1, 0.15) is 36.1 Å². The Bertz CT molecular complexity index is 471. The van der Waals surface area contributed by atoms with Crippen molar-refractivity contribution in [3.05, 3.63) is 35.2 Å². The van der Waals surface area contributed by atoms with E-state index in [-0.39, 0.29) is 12.5 Å². The Hall–Kier alpha value is -1.23. The highest BCUT2D eigenvalue weighted by Crippen LogP contribution is 2.25. The molecule has 0 aliphatic carbocycles. The van der Waals surface area contributed by atoms with Gasteiger partial charge in [0.1, 0.15) is 0 Å². The van der Waals surface area contributed by atoms with Crippen LogP contribution in [-0.2, 0) is 0 Å². The first-order chi connectivity index (χ1) is 9.13. The van der Waals surface area contributed by atoms with Crippen LogP contribution in [0.15, 0.2) is 18.3 Å². The minimum Gasteiger partial charge on any atom is -0.394 e. The van der Waals surface area contributed by atoms with Crippen LogP contribution in [-0.4, -0.2) is 41.0 Å². The molecule has 0 radical (unpaired) electrons. The van der Waals surface area contributed by atoms with Crippen molar-refractivity contribution >= 4 is 5.57 Å². The Morgan fingerprint density at radius 3 is 2.84 bits per heavy atom. The van der Waals surface area contributed by atoms with Gasteiger partial charge < -0.3 is 15.5 Å². The molecule has 0 amide bonds. The minimum atomic E-state index is -0.731. The van der Waals surface area contributed by atoms with Gasteiger partial charge in [-0.2, -0.15) is 0 Å². The molecule has 0 bridgehead atoms. The van der Waals surface area contributed by atoms with Crippen molar-refractivity contribution < 1.29 is 10.2 Å². The predicted octanol–water partition coefficient (Wildman–Crippen LogP) is 1.22. The molecule has 19 heavy (non-hydrogen) atoms. The Morgan fingerprint density at radius 1 is 1.47 bits per heavy atom. The van der Waals surface area contributed by atoms with E-state index in [0.29, 0.717) is 0 Å². The van der Waals surface area contributed by atoms with E-state index < -0.39 is 6.10 Å². The number of nitrogens with one attached hydrogen (secondary N) is 1. The molecule has 0 saturated heterocycles. The highest BCUT2D eigenvalue weighted by molar-refractivity contribution is 5.66. The van der Waals surface area contributed by atoms with Crippen molar-refractivity contribution in [1.82, 2.24) is 10.3 Å². The second kappa shape index (κ2) is 6.28. The molecule has 2 heterocycles. The van der Waals surface area contributed by atoms with Crippen molar-refractivity contribution in [2.45, 2.75) is 32.3 Å². The zero-order chi connectivity index (χ0) is 13.8. The number of aryl methyl sites for hydroxylation is 1. The van der Waals surface area contributed by atoms with Gasteiger partial charge in [0, 0.05) is 18.7 Å². The molecule has 1 aliphatic rings. The molecular weight excluding hydrogens is 240 g/mol. The maximum atomic E-state index is 9.69. The van der Waals surface area contributed by atoms with Gasteiger partial charge in [0.05, 0.1) is 18.4 Å². The van der Waals surface area contributed by atoms with Crippen molar-refractivity contribution in [2.24, 2.45) is 0 Å². The van der Waals surface area contributed by atoms with Gasteiger partial charge in [-0.05, 0) is 36.6 Å². The van der Waals surface area contributed by atoms with E-state index in [0.717, 1.165) is 36.3 Å². The quantitative estimate of drug-likeness (QED) is 0.763. The molecule has 3 N–H and O–H groups in total. The number of nitrogens with zero attached hydrogens (tertiary/aromatic N) is 1. The van der Waals surface area contributed by atoms with Gasteiger partial charge in [-0.25, -0.2) is 0 Å². The Balaban J connectivity index is 2.24. The molecular formula is C15H22N2O2. The van der Waals surface area contributed by atoms with Crippen LogP contribution in [0.4, 0.5) is 0 Å². The van der Waals surface area contributed by atoms with E-state index in [1.54, 1.807) is 0 Å². The summed E-state index contributed by atoms with van der Waals surface area (Å²) in [6, 6.07) is 2.06. The zero-order valence-corrected chi connectivity index (χ0v) is 11.6. The fourth-order valence-corrected chi connectivity index (χ4v) is 2.40. The second-order valence-corrected chi connectivity index (χ2v) is 5.16. The summed E-state index contributed by atoms with van der Waals surface area (Å²) in [7, 11) is 0. The van der Waals surface area contributed by atoms with Gasteiger partial charge in [-0.3, -0.25) is 4.98 Å². The first-order valence-electron chi connectivity index (χ1n) is 6.79. The van der Waals surface area contributed by atoms with E-state index in [9.17, 15) is 5.11 Å². The number of aromatic nitrogens is 1. The molecule has 1 aromatic rings. The first kappa shape index (κ1) is 14.2. The fourth-order valence-electron chi connectivity index (χ4n) is 2.40. The van der Waals surface area contributed by atoms with Gasteiger partial charge in [-0.15, -0.1) is 0 Å². The van der Waals surface area contributed by atoms with Crippen LogP contribution in [0, 0.1) is 6.92 Å². The standard InChI is InChI=1S/C15H22N2O2/c1-10-7-13(11(2)14(19)9-18)8-17-15(10)12-3-5-16-6-4-12/h3,7-8,11,14,16,18-19H,4-6,9H2,1-2H3. The molecule has 1 aromatic heterocycles. The summed E-state index contributed by atoms with van der Waals surface area (Å²) in [5, 5.41) is 22.0. The van der Waals surface area contributed by atoms with Crippen LogP contribution in [0.3, 0.4) is 0 Å². The number of hydrogen-bond acceptors (Lipinski definition) is 4. The smallest absolute Gasteiger partial charge is 0.0837 e. The highest BCUT2D eigenvalue weighted by atomic mass is 16.3. The van der Waals surface area contributed by atoms with Crippen LogP contribution in [0.2, 0.25) is 0 Å². The van der Waals surface area contributed by atoms with Gasteiger partial charge in [0.15, 0.2) is 0 Å². The average molecular weight is 262 g/mol. The third-order valence-electron chi connectivity index (χ3n) is 3.76. The zero-order valence-electron chi connectivity index (χ0n) is 11.6. The lowest BCUT2D eigenvalue weighted by atomic mass is 9.94. The Labute approximate surface area is 114 Å².